The number of piperidine rings is 1. The Bertz CT molecular complexity index is 929. The van der Waals surface area contributed by atoms with Gasteiger partial charge in [0.25, 0.3) is 10.0 Å². The van der Waals surface area contributed by atoms with Gasteiger partial charge in [-0.1, -0.05) is 6.07 Å². The standard InChI is InChI=1S/C18H23BrN4O3S2/c1-22(2)16-7-5-13(10-20-16)11-21-18(24)14-4-3-9-23(12-14)28(25,26)17-8-6-15(19)27-17/h5-8,10,14H,3-4,9,11-12H2,1-2H3,(H,21,24). The van der Waals surface area contributed by atoms with Crippen LogP contribution in [0, 0.1) is 5.92 Å². The summed E-state index contributed by atoms with van der Waals surface area (Å²) < 4.78 is 28.1. The van der Waals surface area contributed by atoms with E-state index < -0.39 is 10.0 Å². The van der Waals surface area contributed by atoms with Crippen molar-refractivity contribution in [3.8, 4) is 0 Å². The lowest BCUT2D eigenvalue weighted by atomic mass is 9.99. The molecular weight excluding hydrogens is 464 g/mol. The van der Waals surface area contributed by atoms with Gasteiger partial charge in [0, 0.05) is 39.9 Å². The van der Waals surface area contributed by atoms with Gasteiger partial charge in [0.2, 0.25) is 5.91 Å². The maximum atomic E-state index is 12.8. The number of sulfonamides is 1. The average Bonchev–Trinajstić information content (AvgIpc) is 3.13. The Kier molecular flexibility index (Phi) is 6.74. The number of aromatic nitrogens is 1. The number of thiophene rings is 1. The predicted octanol–water partition coefficient (Wildman–Crippen LogP) is 2.69. The van der Waals surface area contributed by atoms with Gasteiger partial charge in [-0.05, 0) is 52.5 Å². The van der Waals surface area contributed by atoms with Gasteiger partial charge in [0.05, 0.1) is 9.70 Å². The highest BCUT2D eigenvalue weighted by Gasteiger charge is 2.34. The molecule has 0 saturated carbocycles. The van der Waals surface area contributed by atoms with E-state index in [1.54, 1.807) is 18.3 Å². The molecule has 0 bridgehead atoms. The van der Waals surface area contributed by atoms with Crippen LogP contribution in [0.15, 0.2) is 38.5 Å². The molecule has 28 heavy (non-hydrogen) atoms. The van der Waals surface area contributed by atoms with Crippen LogP contribution in [0.4, 0.5) is 5.82 Å². The fraction of sp³-hybridized carbons (Fsp3) is 0.444. The summed E-state index contributed by atoms with van der Waals surface area (Å²) in [6, 6.07) is 7.14. The SMILES string of the molecule is CN(C)c1ccc(CNC(=O)C2CCCN(S(=O)(=O)c3ccc(Br)s3)C2)cn1. The van der Waals surface area contributed by atoms with Crippen molar-refractivity contribution in [3.05, 3.63) is 39.8 Å². The van der Waals surface area contributed by atoms with Crippen LogP contribution < -0.4 is 10.2 Å². The number of anilines is 1. The molecule has 152 valence electrons. The number of halogens is 1. The molecule has 7 nitrogen and oxygen atoms in total. The Morgan fingerprint density at radius 1 is 1.36 bits per heavy atom. The fourth-order valence-electron chi connectivity index (χ4n) is 3.06. The van der Waals surface area contributed by atoms with Crippen LogP contribution in [-0.4, -0.2) is 50.8 Å². The van der Waals surface area contributed by atoms with E-state index in [9.17, 15) is 13.2 Å². The molecule has 2 aromatic heterocycles. The molecule has 1 aliphatic rings. The lowest BCUT2D eigenvalue weighted by molar-refractivity contribution is -0.126. The van der Waals surface area contributed by atoms with Crippen LogP contribution in [-0.2, 0) is 21.4 Å². The minimum absolute atomic E-state index is 0.121. The van der Waals surface area contributed by atoms with Crippen LogP contribution in [0.2, 0.25) is 0 Å². The van der Waals surface area contributed by atoms with Crippen molar-refractivity contribution in [2.24, 2.45) is 5.92 Å². The van der Waals surface area contributed by atoms with E-state index in [2.05, 4.69) is 26.2 Å². The van der Waals surface area contributed by atoms with Gasteiger partial charge in [-0.3, -0.25) is 4.79 Å². The molecule has 0 aromatic carbocycles. The topological polar surface area (TPSA) is 82.6 Å². The highest BCUT2D eigenvalue weighted by atomic mass is 79.9. The van der Waals surface area contributed by atoms with E-state index >= 15 is 0 Å². The summed E-state index contributed by atoms with van der Waals surface area (Å²) in [4.78, 5) is 18.8. The number of nitrogens with one attached hydrogen (secondary N) is 1. The lowest BCUT2D eigenvalue weighted by Crippen LogP contribution is -2.45. The van der Waals surface area contributed by atoms with E-state index in [1.165, 1.54) is 15.6 Å². The molecule has 2 aromatic rings. The maximum Gasteiger partial charge on any atom is 0.252 e. The Morgan fingerprint density at radius 3 is 2.75 bits per heavy atom. The summed E-state index contributed by atoms with van der Waals surface area (Å²) in [5.41, 5.74) is 0.905. The zero-order valence-electron chi connectivity index (χ0n) is 15.8. The Hall–Kier alpha value is -1.49. The van der Waals surface area contributed by atoms with Crippen LogP contribution in [0.5, 0.6) is 0 Å². The van der Waals surface area contributed by atoms with Crippen LogP contribution in [0.1, 0.15) is 18.4 Å². The minimum atomic E-state index is -3.56. The van der Waals surface area contributed by atoms with Crippen molar-refractivity contribution >= 4 is 49.0 Å². The quantitative estimate of drug-likeness (QED) is 0.678. The number of rotatable bonds is 6. The van der Waals surface area contributed by atoms with E-state index in [0.717, 1.165) is 15.2 Å². The molecule has 10 heteroatoms. The third-order valence-corrected chi connectivity index (χ3v) is 8.59. The predicted molar refractivity (Wildman–Crippen MR) is 114 cm³/mol. The van der Waals surface area contributed by atoms with Crippen molar-refractivity contribution in [2.75, 3.05) is 32.1 Å². The number of hydrogen-bond donors (Lipinski definition) is 1. The van der Waals surface area contributed by atoms with E-state index in [1.807, 2.05) is 31.1 Å². The van der Waals surface area contributed by atoms with Crippen LogP contribution >= 0.6 is 27.3 Å². The molecule has 1 unspecified atom stereocenters. The second kappa shape index (κ2) is 8.89. The first-order valence-corrected chi connectivity index (χ1v) is 12.0. The van der Waals surface area contributed by atoms with Crippen molar-refractivity contribution in [1.29, 1.82) is 0 Å². The average molecular weight is 487 g/mol. The third kappa shape index (κ3) is 4.91. The molecule has 1 aliphatic heterocycles. The van der Waals surface area contributed by atoms with Crippen LogP contribution in [0.3, 0.4) is 0 Å². The highest BCUT2D eigenvalue weighted by Crippen LogP contribution is 2.30. The monoisotopic (exact) mass is 486 g/mol. The van der Waals surface area contributed by atoms with Gasteiger partial charge in [-0.25, -0.2) is 13.4 Å². The second-order valence-electron chi connectivity index (χ2n) is 6.90. The Morgan fingerprint density at radius 2 is 2.14 bits per heavy atom. The molecule has 0 spiro atoms. The van der Waals surface area contributed by atoms with Crippen molar-refractivity contribution < 1.29 is 13.2 Å². The third-order valence-electron chi connectivity index (χ3n) is 4.63. The summed E-state index contributed by atoms with van der Waals surface area (Å²) in [6.45, 7) is 1.03. The van der Waals surface area contributed by atoms with Crippen LogP contribution in [0.25, 0.3) is 0 Å². The van der Waals surface area contributed by atoms with E-state index in [4.69, 9.17) is 0 Å². The number of nitrogens with zero attached hydrogens (tertiary/aromatic N) is 3. The highest BCUT2D eigenvalue weighted by molar-refractivity contribution is 9.11. The number of carbonyl (C=O) groups is 1. The maximum absolute atomic E-state index is 12.8. The van der Waals surface area contributed by atoms with Gasteiger partial charge >= 0.3 is 0 Å². The number of hydrogen-bond acceptors (Lipinski definition) is 6. The minimum Gasteiger partial charge on any atom is -0.363 e. The second-order valence-corrected chi connectivity index (χ2v) is 11.5. The molecule has 1 N–H and O–H groups in total. The molecule has 0 aliphatic carbocycles. The first-order valence-electron chi connectivity index (χ1n) is 8.93. The van der Waals surface area contributed by atoms with Gasteiger partial charge < -0.3 is 10.2 Å². The molecule has 3 rings (SSSR count). The Labute approximate surface area is 177 Å². The van der Waals surface area contributed by atoms with Gasteiger partial charge in [-0.15, -0.1) is 11.3 Å². The van der Waals surface area contributed by atoms with Gasteiger partial charge in [0.1, 0.15) is 10.0 Å². The number of pyridine rings is 1. The van der Waals surface area contributed by atoms with Crippen molar-refractivity contribution in [2.45, 2.75) is 23.6 Å². The molecule has 1 amide bonds. The van der Waals surface area contributed by atoms with Crippen molar-refractivity contribution in [1.82, 2.24) is 14.6 Å². The molecular formula is C18H23BrN4O3S2. The van der Waals surface area contributed by atoms with Crippen molar-refractivity contribution in [3.63, 3.8) is 0 Å². The molecule has 1 fully saturated rings. The first kappa shape index (κ1) is 21.2. The summed E-state index contributed by atoms with van der Waals surface area (Å²) >= 11 is 4.49. The first-order chi connectivity index (χ1) is 13.3. The zero-order valence-corrected chi connectivity index (χ0v) is 19.0. The molecule has 0 radical (unpaired) electrons. The largest absolute Gasteiger partial charge is 0.363 e. The summed E-state index contributed by atoms with van der Waals surface area (Å²) in [5.74, 6) is 0.383. The zero-order chi connectivity index (χ0) is 20.3. The van der Waals surface area contributed by atoms with Gasteiger partial charge in [0.15, 0.2) is 0 Å². The van der Waals surface area contributed by atoms with E-state index in [-0.39, 0.29) is 18.4 Å². The molecule has 3 heterocycles. The fourth-order valence-corrected chi connectivity index (χ4v) is 6.75. The smallest absolute Gasteiger partial charge is 0.252 e. The van der Waals surface area contributed by atoms with Gasteiger partial charge in [-0.2, -0.15) is 4.31 Å². The molecule has 1 atom stereocenters. The number of amides is 1. The van der Waals surface area contributed by atoms with E-state index in [0.29, 0.717) is 30.1 Å². The normalized spacial score (nSPS) is 18.0. The Balaban J connectivity index is 1.59. The lowest BCUT2D eigenvalue weighted by Gasteiger charge is -2.30. The number of carbonyl (C=O) groups excluding carboxylic acids is 1. The molecule has 1 saturated heterocycles. The summed E-state index contributed by atoms with van der Waals surface area (Å²) in [6.07, 6.45) is 3.09. The summed E-state index contributed by atoms with van der Waals surface area (Å²) in [5, 5.41) is 2.91. The summed E-state index contributed by atoms with van der Waals surface area (Å²) in [7, 11) is 0.276.